The Morgan fingerprint density at radius 1 is 0.237 bits per heavy atom. The summed E-state index contributed by atoms with van der Waals surface area (Å²) in [5.74, 6) is 2.54. The molecule has 0 atom stereocenters. The molecule has 0 radical (unpaired) electrons. The normalized spacial score (nSPS) is 11.7. The van der Waals surface area contributed by atoms with E-state index in [4.69, 9.17) is 18.9 Å². The van der Waals surface area contributed by atoms with E-state index in [2.05, 4.69) is 27.7 Å². The van der Waals surface area contributed by atoms with Crippen molar-refractivity contribution in [2.24, 2.45) is 0 Å². The van der Waals surface area contributed by atoms with Crippen LogP contribution in [0.3, 0.4) is 0 Å². The van der Waals surface area contributed by atoms with Gasteiger partial charge in [0.2, 0.25) is 0 Å². The third kappa shape index (κ3) is 56.2. The second-order valence-corrected chi connectivity index (χ2v) is 28.4. The molecule has 0 aliphatic rings. The summed E-state index contributed by atoms with van der Waals surface area (Å²) in [4.78, 5) is 26.6. The average molecular weight is 1290 g/mol. The topological polar surface area (TPSA) is 71.1 Å². The predicted molar refractivity (Wildman–Crippen MR) is 407 cm³/mol. The number of carbonyl (C=O) groups is 2. The van der Waals surface area contributed by atoms with Crippen molar-refractivity contribution in [3.8, 4) is 23.0 Å². The van der Waals surface area contributed by atoms with Crippen molar-refractivity contribution in [2.45, 2.75) is 419 Å². The SMILES string of the molecule is CCCCCCCCCCCCCCCCCOc1ccc(/C=C/C(=O)CC(=O)/C=C/c2ccc(OCCCCCCCCCCCCCCCCC)c(OCCCCCCCCCCCCCCCCC)c2)cc1OCCCCCCCCCCCCCCCCC. The first-order chi connectivity index (χ1) is 46.0. The summed E-state index contributed by atoms with van der Waals surface area (Å²) in [5.41, 5.74) is 1.71. The van der Waals surface area contributed by atoms with Crippen LogP contribution in [-0.2, 0) is 9.59 Å². The molecular formula is C87H152O6. The first-order valence-corrected chi connectivity index (χ1v) is 41.2. The molecule has 2 aromatic carbocycles. The lowest BCUT2D eigenvalue weighted by Crippen LogP contribution is -2.04. The Balaban J connectivity index is 1.92. The molecule has 6 heteroatoms. The maximum Gasteiger partial charge on any atom is 0.163 e. The smallest absolute Gasteiger partial charge is 0.163 e. The van der Waals surface area contributed by atoms with Crippen LogP contribution in [0.15, 0.2) is 48.6 Å². The summed E-state index contributed by atoms with van der Waals surface area (Å²) in [6, 6.07) is 11.9. The van der Waals surface area contributed by atoms with Gasteiger partial charge in [-0.25, -0.2) is 0 Å². The third-order valence-corrected chi connectivity index (χ3v) is 19.2. The number of unbranched alkanes of at least 4 members (excludes halogenated alkanes) is 56. The highest BCUT2D eigenvalue weighted by atomic mass is 16.5. The molecule has 2 aromatic rings. The van der Waals surface area contributed by atoms with Crippen molar-refractivity contribution in [3.63, 3.8) is 0 Å². The molecule has 0 unspecified atom stereocenters. The van der Waals surface area contributed by atoms with Gasteiger partial charge in [-0.1, -0.05) is 412 Å². The standard InChI is InChI=1S/C87H152O6/c1-5-9-13-17-21-25-29-33-37-41-45-49-53-57-61-73-90-84-71-67-80(77-86(84)92-75-63-59-55-51-47-43-39-35-31-27-23-19-15-11-7-3)65-69-82(88)79-83(89)70-66-81-68-72-85(91-74-62-58-54-50-46-42-38-34-30-26-22-18-14-10-6-2)87(78-81)93-76-64-60-56-52-48-44-40-36-32-28-24-20-16-12-8-4/h65-72,77-78H,5-64,73-76,79H2,1-4H3/b69-65+,70-66+. The zero-order valence-electron chi connectivity index (χ0n) is 62.2. The zero-order valence-corrected chi connectivity index (χ0v) is 62.2. The Hall–Kier alpha value is -3.54. The summed E-state index contributed by atoms with van der Waals surface area (Å²) in [6.45, 7) is 11.8. The first-order valence-electron chi connectivity index (χ1n) is 41.2. The van der Waals surface area contributed by atoms with E-state index in [-0.39, 0.29) is 18.0 Å². The van der Waals surface area contributed by atoms with Gasteiger partial charge < -0.3 is 18.9 Å². The van der Waals surface area contributed by atoms with E-state index in [9.17, 15) is 9.59 Å². The Bertz CT molecular complexity index is 1850. The van der Waals surface area contributed by atoms with Gasteiger partial charge >= 0.3 is 0 Å². The minimum atomic E-state index is -0.228. The second kappa shape index (κ2) is 68.4. The average Bonchev–Trinajstić information content (AvgIpc) is 3.71. The van der Waals surface area contributed by atoms with Crippen LogP contribution in [-0.4, -0.2) is 38.0 Å². The molecule has 536 valence electrons. The van der Waals surface area contributed by atoms with Crippen molar-refractivity contribution in [2.75, 3.05) is 26.4 Å². The first kappa shape index (κ1) is 85.5. The Morgan fingerprint density at radius 2 is 0.409 bits per heavy atom. The summed E-state index contributed by atoms with van der Waals surface area (Å²) in [6.07, 6.45) is 86.6. The Kier molecular flexibility index (Phi) is 62.9. The lowest BCUT2D eigenvalue weighted by atomic mass is 10.0. The fraction of sp³-hybridized carbons (Fsp3) is 0.793. The molecule has 0 bridgehead atoms. The summed E-state index contributed by atoms with van der Waals surface area (Å²) in [5, 5.41) is 0. The summed E-state index contributed by atoms with van der Waals surface area (Å²) < 4.78 is 25.6. The van der Waals surface area contributed by atoms with Gasteiger partial charge in [0.05, 0.1) is 32.8 Å². The number of hydrogen-bond donors (Lipinski definition) is 0. The van der Waals surface area contributed by atoms with Crippen LogP contribution >= 0.6 is 0 Å². The largest absolute Gasteiger partial charge is 0.490 e. The van der Waals surface area contributed by atoms with Crippen molar-refractivity contribution >= 4 is 23.7 Å². The lowest BCUT2D eigenvalue weighted by molar-refractivity contribution is -0.121. The molecule has 0 aliphatic carbocycles. The van der Waals surface area contributed by atoms with E-state index in [1.807, 2.05) is 36.4 Å². The predicted octanol–water partition coefficient (Wildman–Crippen LogP) is 28.9. The molecule has 0 spiro atoms. The number of allylic oxidation sites excluding steroid dienone is 2. The van der Waals surface area contributed by atoms with Crippen LogP contribution in [0.4, 0.5) is 0 Å². The van der Waals surface area contributed by atoms with Crippen molar-refractivity contribution in [1.82, 2.24) is 0 Å². The number of benzene rings is 2. The fourth-order valence-electron chi connectivity index (χ4n) is 13.0. The van der Waals surface area contributed by atoms with Crippen LogP contribution in [0, 0.1) is 0 Å². The molecule has 0 fully saturated rings. The van der Waals surface area contributed by atoms with Crippen molar-refractivity contribution in [1.29, 1.82) is 0 Å². The van der Waals surface area contributed by atoms with Crippen LogP contribution < -0.4 is 18.9 Å². The van der Waals surface area contributed by atoms with Gasteiger partial charge in [0.1, 0.15) is 0 Å². The summed E-state index contributed by atoms with van der Waals surface area (Å²) >= 11 is 0. The number of carbonyl (C=O) groups excluding carboxylic acids is 2. The van der Waals surface area contributed by atoms with Gasteiger partial charge in [-0.3, -0.25) is 9.59 Å². The molecule has 93 heavy (non-hydrogen) atoms. The molecule has 2 rings (SSSR count). The number of rotatable bonds is 74. The molecule has 0 saturated carbocycles. The van der Waals surface area contributed by atoms with Crippen LogP contribution in [0.25, 0.3) is 12.2 Å². The van der Waals surface area contributed by atoms with Gasteiger partial charge in [0.25, 0.3) is 0 Å². The van der Waals surface area contributed by atoms with Crippen LogP contribution in [0.2, 0.25) is 0 Å². The Labute approximate surface area is 577 Å². The minimum absolute atomic E-state index is 0.195. The monoisotopic (exact) mass is 1290 g/mol. The molecule has 0 aromatic heterocycles. The van der Waals surface area contributed by atoms with Gasteiger partial charge in [-0.15, -0.1) is 0 Å². The van der Waals surface area contributed by atoms with E-state index in [0.29, 0.717) is 26.4 Å². The number of ether oxygens (including phenoxy) is 4. The van der Waals surface area contributed by atoms with Crippen LogP contribution in [0.5, 0.6) is 23.0 Å². The van der Waals surface area contributed by atoms with Gasteiger partial charge in [-0.2, -0.15) is 0 Å². The molecule has 0 heterocycles. The second-order valence-electron chi connectivity index (χ2n) is 28.4. The maximum atomic E-state index is 13.3. The highest BCUT2D eigenvalue weighted by Gasteiger charge is 2.11. The van der Waals surface area contributed by atoms with Gasteiger partial charge in [0, 0.05) is 0 Å². The van der Waals surface area contributed by atoms with Crippen molar-refractivity contribution < 1.29 is 28.5 Å². The van der Waals surface area contributed by atoms with Gasteiger partial charge in [-0.05, 0) is 73.2 Å². The third-order valence-electron chi connectivity index (χ3n) is 19.2. The van der Waals surface area contributed by atoms with E-state index >= 15 is 0 Å². The highest BCUT2D eigenvalue weighted by molar-refractivity contribution is 6.10. The summed E-state index contributed by atoms with van der Waals surface area (Å²) in [7, 11) is 0. The van der Waals surface area contributed by atoms with E-state index in [0.717, 1.165) is 72.6 Å². The molecule has 0 N–H and O–H groups in total. The Morgan fingerprint density at radius 3 is 0.602 bits per heavy atom. The maximum absolute atomic E-state index is 13.3. The minimum Gasteiger partial charge on any atom is -0.490 e. The molecule has 0 saturated heterocycles. The molecule has 0 aliphatic heterocycles. The van der Waals surface area contributed by atoms with Crippen molar-refractivity contribution in [3.05, 3.63) is 59.7 Å². The van der Waals surface area contributed by atoms with E-state index < -0.39 is 0 Å². The fourth-order valence-corrected chi connectivity index (χ4v) is 13.0. The molecule has 0 amide bonds. The number of ketones is 2. The zero-order chi connectivity index (χ0) is 66.5. The quantitative estimate of drug-likeness (QED) is 0.0373. The number of hydrogen-bond acceptors (Lipinski definition) is 6. The lowest BCUT2D eigenvalue weighted by Gasteiger charge is -2.14. The van der Waals surface area contributed by atoms with Gasteiger partial charge in [0.15, 0.2) is 34.6 Å². The highest BCUT2D eigenvalue weighted by Crippen LogP contribution is 2.32. The molecule has 6 nitrogen and oxygen atoms in total. The van der Waals surface area contributed by atoms with E-state index in [1.165, 1.54) is 359 Å². The van der Waals surface area contributed by atoms with Crippen LogP contribution in [0.1, 0.15) is 430 Å². The van der Waals surface area contributed by atoms with E-state index in [1.54, 1.807) is 12.2 Å². The molecular weight excluding hydrogens is 1140 g/mol.